The highest BCUT2D eigenvalue weighted by Gasteiger charge is 2.22. The molecule has 6 heteroatoms. The Balaban J connectivity index is 2.23. The molecule has 2 amide bonds. The van der Waals surface area contributed by atoms with Crippen molar-refractivity contribution >= 4 is 12.0 Å². The third-order valence-corrected chi connectivity index (χ3v) is 3.77. The van der Waals surface area contributed by atoms with E-state index in [2.05, 4.69) is 17.6 Å². The smallest absolute Gasteiger partial charge is 0.334 e. The van der Waals surface area contributed by atoms with E-state index in [0.29, 0.717) is 0 Å². The summed E-state index contributed by atoms with van der Waals surface area (Å²) in [5.74, 6) is -0.294. The summed E-state index contributed by atoms with van der Waals surface area (Å²) in [6.45, 7) is 2.17. The summed E-state index contributed by atoms with van der Waals surface area (Å²) in [4.78, 5) is 22.3. The zero-order chi connectivity index (χ0) is 14.3. The summed E-state index contributed by atoms with van der Waals surface area (Å²) in [6.07, 6.45) is 4.50. The highest BCUT2D eigenvalue weighted by atomic mass is 16.5. The zero-order valence-corrected chi connectivity index (χ0v) is 11.6. The zero-order valence-electron chi connectivity index (χ0n) is 11.6. The monoisotopic (exact) mass is 272 g/mol. The molecule has 0 aromatic heterocycles. The number of ether oxygens (including phenoxy) is 1. The average molecular weight is 272 g/mol. The molecule has 0 radical (unpaired) electrons. The number of aliphatic carboxylic acids is 1. The van der Waals surface area contributed by atoms with Crippen molar-refractivity contribution in [2.75, 3.05) is 13.7 Å². The fourth-order valence-electron chi connectivity index (χ4n) is 2.41. The van der Waals surface area contributed by atoms with Crippen LogP contribution in [0.1, 0.15) is 39.0 Å². The number of carbonyl (C=O) groups excluding carboxylic acids is 1. The molecule has 0 saturated heterocycles. The van der Waals surface area contributed by atoms with Crippen molar-refractivity contribution in [3.63, 3.8) is 0 Å². The van der Waals surface area contributed by atoms with Crippen LogP contribution in [0.4, 0.5) is 4.79 Å². The Labute approximate surface area is 113 Å². The Morgan fingerprint density at radius 1 is 1.32 bits per heavy atom. The highest BCUT2D eigenvalue weighted by Crippen LogP contribution is 2.26. The van der Waals surface area contributed by atoms with Crippen molar-refractivity contribution in [1.82, 2.24) is 10.6 Å². The van der Waals surface area contributed by atoms with Crippen LogP contribution >= 0.6 is 0 Å². The number of nitrogens with one attached hydrogen (secondary N) is 2. The van der Waals surface area contributed by atoms with Gasteiger partial charge in [0.05, 0.1) is 6.54 Å². The molecule has 0 aliphatic heterocycles. The predicted octanol–water partition coefficient (Wildman–Crippen LogP) is 1.35. The second kappa shape index (κ2) is 7.99. The van der Waals surface area contributed by atoms with Crippen LogP contribution in [0.25, 0.3) is 0 Å². The molecular weight excluding hydrogens is 248 g/mol. The number of carbonyl (C=O) groups is 2. The van der Waals surface area contributed by atoms with E-state index >= 15 is 0 Å². The maximum atomic E-state index is 11.6. The van der Waals surface area contributed by atoms with Gasteiger partial charge in [0.2, 0.25) is 0 Å². The van der Waals surface area contributed by atoms with Crippen LogP contribution in [0.5, 0.6) is 0 Å². The first-order chi connectivity index (χ1) is 9.06. The molecule has 0 bridgehead atoms. The summed E-state index contributed by atoms with van der Waals surface area (Å²) >= 11 is 0. The van der Waals surface area contributed by atoms with Crippen molar-refractivity contribution < 1.29 is 19.4 Å². The quantitative estimate of drug-likeness (QED) is 0.681. The molecule has 0 spiro atoms. The molecule has 19 heavy (non-hydrogen) atoms. The van der Waals surface area contributed by atoms with E-state index in [1.807, 2.05) is 0 Å². The summed E-state index contributed by atoms with van der Waals surface area (Å²) < 4.78 is 4.74. The number of hydrogen-bond acceptors (Lipinski definition) is 3. The van der Waals surface area contributed by atoms with Crippen LogP contribution in [0.2, 0.25) is 0 Å². The van der Waals surface area contributed by atoms with Gasteiger partial charge >= 0.3 is 12.0 Å². The molecule has 1 saturated carbocycles. The lowest BCUT2D eigenvalue weighted by Crippen LogP contribution is -2.47. The van der Waals surface area contributed by atoms with Gasteiger partial charge in [-0.3, -0.25) is 0 Å². The molecule has 0 aromatic rings. The van der Waals surface area contributed by atoms with Gasteiger partial charge in [-0.1, -0.05) is 13.3 Å². The van der Waals surface area contributed by atoms with Crippen LogP contribution in [-0.2, 0) is 9.53 Å². The van der Waals surface area contributed by atoms with Crippen LogP contribution in [0.3, 0.4) is 0 Å². The molecule has 1 unspecified atom stereocenters. The minimum absolute atomic E-state index is 0.0258. The van der Waals surface area contributed by atoms with Gasteiger partial charge in [0.25, 0.3) is 0 Å². The Kier molecular flexibility index (Phi) is 6.62. The molecule has 1 aliphatic rings. The van der Waals surface area contributed by atoms with E-state index in [-0.39, 0.29) is 18.6 Å². The van der Waals surface area contributed by atoms with Gasteiger partial charge in [-0.15, -0.1) is 0 Å². The summed E-state index contributed by atoms with van der Waals surface area (Å²) in [7, 11) is 1.31. The van der Waals surface area contributed by atoms with Crippen LogP contribution in [-0.4, -0.2) is 42.9 Å². The van der Waals surface area contributed by atoms with Crippen molar-refractivity contribution in [1.29, 1.82) is 0 Å². The van der Waals surface area contributed by atoms with Gasteiger partial charge < -0.3 is 20.5 Å². The lowest BCUT2D eigenvalue weighted by molar-refractivity contribution is -0.147. The fourth-order valence-corrected chi connectivity index (χ4v) is 2.41. The maximum Gasteiger partial charge on any atom is 0.334 e. The number of rotatable bonds is 6. The molecule has 1 rings (SSSR count). The first-order valence-corrected chi connectivity index (χ1v) is 6.86. The van der Waals surface area contributed by atoms with E-state index in [9.17, 15) is 9.59 Å². The van der Waals surface area contributed by atoms with Crippen molar-refractivity contribution in [2.24, 2.45) is 5.92 Å². The average Bonchev–Trinajstić information content (AvgIpc) is 2.40. The molecule has 110 valence electrons. The normalized spacial score (nSPS) is 24.5. The van der Waals surface area contributed by atoms with E-state index in [1.54, 1.807) is 0 Å². The van der Waals surface area contributed by atoms with Gasteiger partial charge in [0.15, 0.2) is 6.10 Å². The Morgan fingerprint density at radius 3 is 2.42 bits per heavy atom. The second-order valence-corrected chi connectivity index (χ2v) is 5.04. The second-order valence-electron chi connectivity index (χ2n) is 5.04. The SMILES string of the molecule is CCC1CCC(NC(=O)NCC(OC)C(=O)O)CC1. The number of carboxylic acid groups (broad SMARTS) is 1. The Morgan fingerprint density at radius 2 is 1.95 bits per heavy atom. The maximum absolute atomic E-state index is 11.6. The van der Waals surface area contributed by atoms with Crippen molar-refractivity contribution in [3.8, 4) is 0 Å². The van der Waals surface area contributed by atoms with E-state index < -0.39 is 12.1 Å². The fraction of sp³-hybridized carbons (Fsp3) is 0.846. The van der Waals surface area contributed by atoms with Gasteiger partial charge in [-0.05, 0) is 31.6 Å². The number of carboxylic acids is 1. The largest absolute Gasteiger partial charge is 0.479 e. The topological polar surface area (TPSA) is 87.7 Å². The summed E-state index contributed by atoms with van der Waals surface area (Å²) in [5, 5.41) is 14.2. The Hall–Kier alpha value is -1.30. The predicted molar refractivity (Wildman–Crippen MR) is 71.0 cm³/mol. The lowest BCUT2D eigenvalue weighted by Gasteiger charge is -2.28. The molecule has 1 aliphatic carbocycles. The van der Waals surface area contributed by atoms with E-state index in [1.165, 1.54) is 13.5 Å². The first kappa shape index (κ1) is 15.8. The molecule has 3 N–H and O–H groups in total. The van der Waals surface area contributed by atoms with Gasteiger partial charge in [0.1, 0.15) is 0 Å². The van der Waals surface area contributed by atoms with Crippen molar-refractivity contribution in [3.05, 3.63) is 0 Å². The van der Waals surface area contributed by atoms with Crippen LogP contribution < -0.4 is 10.6 Å². The third-order valence-electron chi connectivity index (χ3n) is 3.77. The Bertz CT molecular complexity index is 301. The number of urea groups is 1. The molecule has 1 atom stereocenters. The first-order valence-electron chi connectivity index (χ1n) is 6.86. The lowest BCUT2D eigenvalue weighted by atomic mass is 9.85. The van der Waals surface area contributed by atoms with Gasteiger partial charge in [0, 0.05) is 13.2 Å². The summed E-state index contributed by atoms with van der Waals surface area (Å²) in [6, 6.07) is -0.114. The number of hydrogen-bond donors (Lipinski definition) is 3. The van der Waals surface area contributed by atoms with E-state index in [0.717, 1.165) is 31.6 Å². The number of methoxy groups -OCH3 is 1. The molecule has 0 heterocycles. The number of amides is 2. The molecule has 1 fully saturated rings. The highest BCUT2D eigenvalue weighted by molar-refractivity contribution is 5.77. The molecular formula is C13H24N2O4. The minimum Gasteiger partial charge on any atom is -0.479 e. The summed E-state index contributed by atoms with van der Waals surface area (Å²) in [5.41, 5.74) is 0. The molecule has 6 nitrogen and oxygen atoms in total. The van der Waals surface area contributed by atoms with Crippen molar-refractivity contribution in [2.45, 2.75) is 51.2 Å². The van der Waals surface area contributed by atoms with E-state index in [4.69, 9.17) is 9.84 Å². The van der Waals surface area contributed by atoms with Crippen LogP contribution in [0.15, 0.2) is 0 Å². The standard InChI is InChI=1S/C13H24N2O4/c1-3-9-4-6-10(7-5-9)15-13(18)14-8-11(19-2)12(16)17/h9-11H,3-8H2,1-2H3,(H,16,17)(H2,14,15,18). The third kappa shape index (κ3) is 5.46. The molecule has 0 aromatic carbocycles. The van der Waals surface area contributed by atoms with Gasteiger partial charge in [-0.2, -0.15) is 0 Å². The van der Waals surface area contributed by atoms with Gasteiger partial charge in [-0.25, -0.2) is 9.59 Å². The minimum atomic E-state index is -1.08. The van der Waals surface area contributed by atoms with Crippen LogP contribution in [0, 0.1) is 5.92 Å².